The number of rotatable bonds is 1. The van der Waals surface area contributed by atoms with E-state index in [1.54, 1.807) is 12.1 Å². The van der Waals surface area contributed by atoms with Crippen LogP contribution < -0.4 is 24.0 Å². The molecule has 2 nitrogen and oxygen atoms in total. The normalized spacial score (nSPS) is 8.83. The quantitative estimate of drug-likeness (QED) is 0.428. The van der Waals surface area contributed by atoms with Gasteiger partial charge in [0.15, 0.2) is 0 Å². The zero-order valence-corrected chi connectivity index (χ0v) is 7.55. The molecule has 0 spiro atoms. The predicted octanol–water partition coefficient (Wildman–Crippen LogP) is -2.33. The molecule has 12 heavy (non-hydrogen) atoms. The van der Waals surface area contributed by atoms with Gasteiger partial charge in [0.1, 0.15) is 0 Å². The fourth-order valence-electron chi connectivity index (χ4n) is 1.09. The van der Waals surface area contributed by atoms with E-state index in [0.29, 0.717) is 0 Å². The molecule has 1 aromatic carbocycles. The zero-order valence-electron chi connectivity index (χ0n) is 7.55. The zero-order chi connectivity index (χ0) is 8.43. The maximum absolute atomic E-state index is 10.4. The summed E-state index contributed by atoms with van der Waals surface area (Å²) in [5, 5.41) is 10.4. The Labute approximate surface area is 83.8 Å². The van der Waals surface area contributed by atoms with Crippen molar-refractivity contribution in [2.24, 2.45) is 0 Å². The molecule has 0 saturated carbocycles. The number of benzene rings is 1. The molecule has 0 atom stereocenters. The Bertz CT molecular complexity index is 274. The minimum absolute atomic E-state index is 0. The summed E-state index contributed by atoms with van der Waals surface area (Å²) in [6.45, 7) is 3.72. The molecule has 0 amide bonds. The van der Waals surface area contributed by atoms with Crippen molar-refractivity contribution in [3.05, 3.63) is 34.9 Å². The first-order valence-electron chi connectivity index (χ1n) is 3.39. The molecule has 0 aliphatic heterocycles. The Morgan fingerprint density at radius 1 is 1.17 bits per heavy atom. The predicted molar refractivity (Wildman–Crippen MR) is 40.2 cm³/mol. The van der Waals surface area contributed by atoms with Crippen molar-refractivity contribution >= 4 is 5.97 Å². The van der Waals surface area contributed by atoms with E-state index in [1.165, 1.54) is 0 Å². The van der Waals surface area contributed by atoms with Crippen molar-refractivity contribution in [3.63, 3.8) is 0 Å². The van der Waals surface area contributed by atoms with E-state index in [1.807, 2.05) is 19.9 Å². The Morgan fingerprint density at radius 2 is 1.58 bits per heavy atom. The topological polar surface area (TPSA) is 40.1 Å². The van der Waals surface area contributed by atoms with Gasteiger partial charge in [-0.1, -0.05) is 29.3 Å². The molecule has 0 unspecified atom stereocenters. The Kier molecular flexibility index (Phi) is 4.09. The molecule has 1 rings (SSSR count). The third-order valence-corrected chi connectivity index (χ3v) is 1.46. The number of carboxylic acids is 1. The van der Waals surface area contributed by atoms with Gasteiger partial charge < -0.3 is 9.90 Å². The first-order valence-corrected chi connectivity index (χ1v) is 3.39. The van der Waals surface area contributed by atoms with Crippen LogP contribution in [0.3, 0.4) is 0 Å². The van der Waals surface area contributed by atoms with Crippen LogP contribution in [0.5, 0.6) is 0 Å². The van der Waals surface area contributed by atoms with E-state index >= 15 is 0 Å². The summed E-state index contributed by atoms with van der Waals surface area (Å²) in [6.07, 6.45) is 0. The first kappa shape index (κ1) is 11.3. The molecule has 0 N–H and O–H groups in total. The molecule has 0 radical (unpaired) electrons. The Hall–Kier alpha value is -0.713. The fraction of sp³-hybridized carbons (Fsp3) is 0.222. The molecular formula is C9H9LiO2. The Morgan fingerprint density at radius 3 is 1.92 bits per heavy atom. The largest absolute Gasteiger partial charge is 1.00 e. The second-order valence-corrected chi connectivity index (χ2v) is 2.66. The van der Waals surface area contributed by atoms with Gasteiger partial charge in [-0.15, -0.1) is 0 Å². The first-order chi connectivity index (χ1) is 5.09. The van der Waals surface area contributed by atoms with Crippen LogP contribution in [0.2, 0.25) is 0 Å². The van der Waals surface area contributed by atoms with Crippen molar-refractivity contribution in [1.29, 1.82) is 0 Å². The third kappa shape index (κ3) is 2.73. The van der Waals surface area contributed by atoms with E-state index in [2.05, 4.69) is 0 Å². The molecule has 3 heteroatoms. The van der Waals surface area contributed by atoms with Crippen LogP contribution in [-0.4, -0.2) is 5.97 Å². The number of hydrogen-bond acceptors (Lipinski definition) is 2. The van der Waals surface area contributed by atoms with Crippen LogP contribution >= 0.6 is 0 Å². The molecule has 0 fully saturated rings. The minimum Gasteiger partial charge on any atom is -0.545 e. The number of carboxylic acid groups (broad SMARTS) is 1. The average molecular weight is 156 g/mol. The van der Waals surface area contributed by atoms with Gasteiger partial charge in [0.2, 0.25) is 0 Å². The molecular weight excluding hydrogens is 147 g/mol. The number of carbonyl (C=O) groups excluding carboxylic acids is 1. The van der Waals surface area contributed by atoms with E-state index in [0.717, 1.165) is 11.1 Å². The number of hydrogen-bond donors (Lipinski definition) is 0. The van der Waals surface area contributed by atoms with Gasteiger partial charge in [-0.25, -0.2) is 0 Å². The van der Waals surface area contributed by atoms with E-state index in [9.17, 15) is 9.90 Å². The summed E-state index contributed by atoms with van der Waals surface area (Å²) in [6, 6.07) is 5.12. The molecule has 1 aromatic rings. The summed E-state index contributed by atoms with van der Waals surface area (Å²) < 4.78 is 0. The number of aryl methyl sites for hydroxylation is 2. The molecule has 0 aliphatic rings. The number of carbonyl (C=O) groups is 1. The summed E-state index contributed by atoms with van der Waals surface area (Å²) in [7, 11) is 0. The number of aromatic carboxylic acids is 1. The fourth-order valence-corrected chi connectivity index (χ4v) is 1.09. The standard InChI is InChI=1S/C9H10O2.Li/c1-6-3-7(2)5-8(4-6)9(10)11;/h3-5H,1-2H3,(H,10,11);/q;+1/p-1. The SMILES string of the molecule is Cc1cc(C)cc(C(=O)[O-])c1.[Li+]. The van der Waals surface area contributed by atoms with Crippen molar-refractivity contribution < 1.29 is 28.8 Å². The van der Waals surface area contributed by atoms with Gasteiger partial charge in [-0.3, -0.25) is 0 Å². The van der Waals surface area contributed by atoms with E-state index < -0.39 is 5.97 Å². The van der Waals surface area contributed by atoms with Crippen LogP contribution in [0.4, 0.5) is 0 Å². The van der Waals surface area contributed by atoms with Gasteiger partial charge in [0.05, 0.1) is 5.97 Å². The van der Waals surface area contributed by atoms with Gasteiger partial charge in [0.25, 0.3) is 0 Å². The monoisotopic (exact) mass is 156 g/mol. The van der Waals surface area contributed by atoms with E-state index in [4.69, 9.17) is 0 Å². The van der Waals surface area contributed by atoms with Gasteiger partial charge >= 0.3 is 18.9 Å². The summed E-state index contributed by atoms with van der Waals surface area (Å²) >= 11 is 0. The smallest absolute Gasteiger partial charge is 0.545 e. The van der Waals surface area contributed by atoms with Gasteiger partial charge in [0, 0.05) is 0 Å². The van der Waals surface area contributed by atoms with Crippen molar-refractivity contribution in [2.75, 3.05) is 0 Å². The van der Waals surface area contributed by atoms with Crippen molar-refractivity contribution in [2.45, 2.75) is 13.8 Å². The summed E-state index contributed by atoms with van der Waals surface area (Å²) in [4.78, 5) is 10.4. The molecule has 0 bridgehead atoms. The summed E-state index contributed by atoms with van der Waals surface area (Å²) in [5.41, 5.74) is 2.15. The van der Waals surface area contributed by atoms with Crippen LogP contribution in [0.25, 0.3) is 0 Å². The molecule has 0 aliphatic carbocycles. The average Bonchev–Trinajstić information content (AvgIpc) is 1.85. The minimum atomic E-state index is -1.11. The Balaban J connectivity index is 0.00000121. The summed E-state index contributed by atoms with van der Waals surface area (Å²) in [5.74, 6) is -1.11. The molecule has 58 valence electrons. The van der Waals surface area contributed by atoms with Crippen LogP contribution in [-0.2, 0) is 0 Å². The van der Waals surface area contributed by atoms with E-state index in [-0.39, 0.29) is 24.4 Å². The molecule has 0 heterocycles. The van der Waals surface area contributed by atoms with Crippen LogP contribution in [0, 0.1) is 13.8 Å². The maximum atomic E-state index is 10.4. The van der Waals surface area contributed by atoms with Crippen molar-refractivity contribution in [1.82, 2.24) is 0 Å². The third-order valence-electron chi connectivity index (χ3n) is 1.46. The molecule has 0 aromatic heterocycles. The second-order valence-electron chi connectivity index (χ2n) is 2.66. The van der Waals surface area contributed by atoms with Gasteiger partial charge in [-0.05, 0) is 19.4 Å². The van der Waals surface area contributed by atoms with Crippen LogP contribution in [0.15, 0.2) is 18.2 Å². The molecule has 0 saturated heterocycles. The maximum Gasteiger partial charge on any atom is 1.00 e. The van der Waals surface area contributed by atoms with Crippen molar-refractivity contribution in [3.8, 4) is 0 Å². The van der Waals surface area contributed by atoms with Crippen LogP contribution in [0.1, 0.15) is 21.5 Å². The van der Waals surface area contributed by atoms with Gasteiger partial charge in [-0.2, -0.15) is 0 Å². The second kappa shape index (κ2) is 4.35.